The molecular weight excluding hydrogens is 382 g/mol. The van der Waals surface area contributed by atoms with Gasteiger partial charge in [-0.3, -0.25) is 19.3 Å². The van der Waals surface area contributed by atoms with Crippen LogP contribution in [-0.4, -0.2) is 34.7 Å². The van der Waals surface area contributed by atoms with Crippen molar-refractivity contribution in [1.29, 1.82) is 0 Å². The predicted molar refractivity (Wildman–Crippen MR) is 110 cm³/mol. The van der Waals surface area contributed by atoms with E-state index in [2.05, 4.69) is 10.3 Å². The first-order chi connectivity index (χ1) is 14.5. The second kappa shape index (κ2) is 6.66. The summed E-state index contributed by atoms with van der Waals surface area (Å²) in [5, 5.41) is 2.79. The van der Waals surface area contributed by atoms with E-state index in [1.54, 1.807) is 24.3 Å². The van der Waals surface area contributed by atoms with Crippen LogP contribution in [0.5, 0.6) is 0 Å². The number of fused-ring (bicyclic) bond motifs is 2. The summed E-state index contributed by atoms with van der Waals surface area (Å²) < 4.78 is 5.75. The number of aromatic nitrogens is 1. The van der Waals surface area contributed by atoms with Gasteiger partial charge in [-0.2, -0.15) is 0 Å². The third-order valence-corrected chi connectivity index (χ3v) is 5.04. The highest BCUT2D eigenvalue weighted by Gasteiger charge is 2.33. The molecule has 3 aromatic carbocycles. The molecule has 0 saturated heterocycles. The molecule has 1 aliphatic heterocycles. The summed E-state index contributed by atoms with van der Waals surface area (Å²) in [6, 6.07) is 19.1. The lowest BCUT2D eigenvalue weighted by atomic mass is 10.1. The smallest absolute Gasteiger partial charge is 0.261 e. The van der Waals surface area contributed by atoms with Crippen LogP contribution in [0.15, 0.2) is 71.1 Å². The van der Waals surface area contributed by atoms with Gasteiger partial charge in [0.1, 0.15) is 5.52 Å². The number of nitrogens with zero attached hydrogens (tertiary/aromatic N) is 2. The fourth-order valence-corrected chi connectivity index (χ4v) is 3.40. The van der Waals surface area contributed by atoms with Gasteiger partial charge in [0, 0.05) is 23.9 Å². The quantitative estimate of drug-likeness (QED) is 0.528. The van der Waals surface area contributed by atoms with Crippen molar-refractivity contribution in [3.63, 3.8) is 0 Å². The molecule has 0 saturated carbocycles. The molecule has 0 bridgehead atoms. The van der Waals surface area contributed by atoms with Crippen LogP contribution in [0.25, 0.3) is 22.6 Å². The van der Waals surface area contributed by atoms with E-state index in [0.717, 1.165) is 16.0 Å². The zero-order chi connectivity index (χ0) is 20.8. The molecule has 1 aliphatic rings. The number of carbonyl (C=O) groups excluding carboxylic acids is 3. The Morgan fingerprint density at radius 3 is 2.43 bits per heavy atom. The molecule has 0 fully saturated rings. The van der Waals surface area contributed by atoms with Crippen LogP contribution in [0, 0.1) is 0 Å². The molecule has 1 aromatic heterocycles. The molecule has 146 valence electrons. The van der Waals surface area contributed by atoms with Crippen molar-refractivity contribution in [2.45, 2.75) is 0 Å². The lowest BCUT2D eigenvalue weighted by Crippen LogP contribution is -2.24. The van der Waals surface area contributed by atoms with Gasteiger partial charge in [0.25, 0.3) is 17.7 Å². The summed E-state index contributed by atoms with van der Waals surface area (Å²) in [6.07, 6.45) is 0. The maximum atomic E-state index is 12.6. The lowest BCUT2D eigenvalue weighted by molar-refractivity contribution is 0.0693. The molecule has 30 heavy (non-hydrogen) atoms. The number of benzene rings is 3. The SMILES string of the molecule is CN1C(=O)c2ccc(C(=O)Nc3ccc(-c4nc5ccccc5o4)cc3)cc2C1=O. The zero-order valence-corrected chi connectivity index (χ0v) is 15.9. The Balaban J connectivity index is 1.36. The average molecular weight is 397 g/mol. The minimum absolute atomic E-state index is 0.237. The van der Waals surface area contributed by atoms with Crippen molar-refractivity contribution >= 4 is 34.5 Å². The van der Waals surface area contributed by atoms with Gasteiger partial charge in [-0.15, -0.1) is 0 Å². The lowest BCUT2D eigenvalue weighted by Gasteiger charge is -2.06. The molecule has 0 spiro atoms. The summed E-state index contributed by atoms with van der Waals surface area (Å²) in [5.74, 6) is -0.647. The molecule has 7 nitrogen and oxygen atoms in total. The molecular formula is C23H15N3O4. The number of para-hydroxylation sites is 2. The standard InChI is InChI=1S/C23H15N3O4/c1-26-22(28)16-11-8-14(12-17(16)23(26)29)20(27)24-15-9-6-13(7-10-15)21-25-18-4-2-3-5-19(18)30-21/h2-12H,1H3,(H,24,27). The number of amides is 3. The molecule has 2 heterocycles. The molecule has 1 N–H and O–H groups in total. The molecule has 0 unspecified atom stereocenters. The molecule has 4 aromatic rings. The van der Waals surface area contributed by atoms with Crippen LogP contribution in [0.1, 0.15) is 31.1 Å². The fourth-order valence-electron chi connectivity index (χ4n) is 3.40. The van der Waals surface area contributed by atoms with Crippen LogP contribution in [0.2, 0.25) is 0 Å². The first-order valence-corrected chi connectivity index (χ1v) is 9.25. The van der Waals surface area contributed by atoms with Gasteiger partial charge in [-0.25, -0.2) is 4.98 Å². The molecule has 0 atom stereocenters. The normalized spacial score (nSPS) is 13.0. The molecule has 3 amide bonds. The van der Waals surface area contributed by atoms with E-state index >= 15 is 0 Å². The van der Waals surface area contributed by atoms with Crippen LogP contribution in [0.3, 0.4) is 0 Å². The third-order valence-electron chi connectivity index (χ3n) is 5.04. The van der Waals surface area contributed by atoms with E-state index in [-0.39, 0.29) is 17.4 Å². The van der Waals surface area contributed by atoms with Crippen molar-refractivity contribution in [2.24, 2.45) is 0 Å². The maximum Gasteiger partial charge on any atom is 0.261 e. The Bertz CT molecular complexity index is 1310. The minimum atomic E-state index is -0.410. The summed E-state index contributed by atoms with van der Waals surface area (Å²) in [5.41, 5.74) is 3.70. The Labute approximate surface area is 170 Å². The Morgan fingerprint density at radius 2 is 1.67 bits per heavy atom. The maximum absolute atomic E-state index is 12.6. The van der Waals surface area contributed by atoms with Crippen LogP contribution < -0.4 is 5.32 Å². The number of oxazole rings is 1. The number of imide groups is 1. The highest BCUT2D eigenvalue weighted by Crippen LogP contribution is 2.26. The fraction of sp³-hybridized carbons (Fsp3) is 0.0435. The van der Waals surface area contributed by atoms with Crippen molar-refractivity contribution in [3.8, 4) is 11.5 Å². The van der Waals surface area contributed by atoms with Crippen LogP contribution >= 0.6 is 0 Å². The van der Waals surface area contributed by atoms with E-state index in [1.165, 1.54) is 25.2 Å². The van der Waals surface area contributed by atoms with E-state index in [4.69, 9.17) is 4.42 Å². The Morgan fingerprint density at radius 1 is 0.933 bits per heavy atom. The number of carbonyl (C=O) groups is 3. The Hall–Kier alpha value is -4.26. The molecule has 0 aliphatic carbocycles. The van der Waals surface area contributed by atoms with Gasteiger partial charge in [0.15, 0.2) is 5.58 Å². The van der Waals surface area contributed by atoms with Crippen molar-refractivity contribution < 1.29 is 18.8 Å². The third kappa shape index (κ3) is 2.84. The number of hydrogen-bond acceptors (Lipinski definition) is 5. The van der Waals surface area contributed by atoms with Crippen molar-refractivity contribution in [3.05, 3.63) is 83.4 Å². The zero-order valence-electron chi connectivity index (χ0n) is 15.9. The summed E-state index contributed by atoms with van der Waals surface area (Å²) in [6.45, 7) is 0. The summed E-state index contributed by atoms with van der Waals surface area (Å²) in [7, 11) is 1.42. The summed E-state index contributed by atoms with van der Waals surface area (Å²) >= 11 is 0. The van der Waals surface area contributed by atoms with Gasteiger partial charge in [-0.1, -0.05) is 12.1 Å². The Kier molecular flexibility index (Phi) is 3.96. The van der Waals surface area contributed by atoms with E-state index in [9.17, 15) is 14.4 Å². The largest absolute Gasteiger partial charge is 0.436 e. The minimum Gasteiger partial charge on any atom is -0.436 e. The number of rotatable bonds is 3. The molecule has 0 radical (unpaired) electrons. The monoisotopic (exact) mass is 397 g/mol. The van der Waals surface area contributed by atoms with Crippen LogP contribution in [-0.2, 0) is 0 Å². The number of anilines is 1. The van der Waals surface area contributed by atoms with Crippen molar-refractivity contribution in [1.82, 2.24) is 9.88 Å². The average Bonchev–Trinajstić information content (AvgIpc) is 3.30. The second-order valence-electron chi connectivity index (χ2n) is 6.95. The molecule has 7 heteroatoms. The van der Waals surface area contributed by atoms with Gasteiger partial charge >= 0.3 is 0 Å². The van der Waals surface area contributed by atoms with Crippen molar-refractivity contribution in [2.75, 3.05) is 12.4 Å². The highest BCUT2D eigenvalue weighted by molar-refractivity contribution is 6.22. The van der Waals surface area contributed by atoms with Gasteiger partial charge in [0.05, 0.1) is 11.1 Å². The van der Waals surface area contributed by atoms with Gasteiger partial charge in [-0.05, 0) is 54.6 Å². The van der Waals surface area contributed by atoms with Gasteiger partial charge in [0.2, 0.25) is 5.89 Å². The van der Waals surface area contributed by atoms with Gasteiger partial charge < -0.3 is 9.73 Å². The van der Waals surface area contributed by atoms with E-state index in [0.29, 0.717) is 28.3 Å². The first-order valence-electron chi connectivity index (χ1n) is 9.25. The summed E-state index contributed by atoms with van der Waals surface area (Å²) in [4.78, 5) is 42.2. The van der Waals surface area contributed by atoms with Crippen LogP contribution in [0.4, 0.5) is 5.69 Å². The number of nitrogens with one attached hydrogen (secondary N) is 1. The molecule has 5 rings (SSSR count). The predicted octanol–water partition coefficient (Wildman–Crippen LogP) is 3.97. The second-order valence-corrected chi connectivity index (χ2v) is 6.95. The first kappa shape index (κ1) is 17.8. The topological polar surface area (TPSA) is 92.5 Å². The van der Waals surface area contributed by atoms with E-state index in [1.807, 2.05) is 24.3 Å². The van der Waals surface area contributed by atoms with E-state index < -0.39 is 5.91 Å². The number of hydrogen-bond donors (Lipinski definition) is 1. The highest BCUT2D eigenvalue weighted by atomic mass is 16.3.